The van der Waals surface area contributed by atoms with Crippen LogP contribution in [0.25, 0.3) is 0 Å². The van der Waals surface area contributed by atoms with Crippen molar-refractivity contribution in [1.82, 2.24) is 0 Å². The Labute approximate surface area is 128 Å². The Morgan fingerprint density at radius 1 is 1.14 bits per heavy atom. The van der Waals surface area contributed by atoms with E-state index in [9.17, 15) is 4.79 Å². The third-order valence-electron chi connectivity index (χ3n) is 3.10. The first kappa shape index (κ1) is 15.0. The molecule has 0 fully saturated rings. The molecular weight excluding hydrogens is 284 g/mol. The Morgan fingerprint density at radius 2 is 1.76 bits per heavy atom. The molecule has 5 heteroatoms. The van der Waals surface area contributed by atoms with Gasteiger partial charge < -0.3 is 15.8 Å². The Bertz CT molecular complexity index is 681. The molecule has 2 aromatic rings. The van der Waals surface area contributed by atoms with Crippen LogP contribution in [-0.2, 0) is 0 Å². The molecule has 4 nitrogen and oxygen atoms in total. The van der Waals surface area contributed by atoms with Crippen molar-refractivity contribution in [3.05, 3.63) is 59.2 Å². The van der Waals surface area contributed by atoms with Crippen molar-refractivity contribution in [2.75, 3.05) is 12.4 Å². The maximum absolute atomic E-state index is 12.2. The first-order chi connectivity index (χ1) is 10.0. The highest BCUT2D eigenvalue weighted by Crippen LogP contribution is 2.20. The van der Waals surface area contributed by atoms with Crippen molar-refractivity contribution >= 4 is 28.8 Å². The fourth-order valence-corrected chi connectivity index (χ4v) is 2.02. The van der Waals surface area contributed by atoms with Crippen LogP contribution in [0.15, 0.2) is 42.5 Å². The first-order valence-corrected chi connectivity index (χ1v) is 6.78. The summed E-state index contributed by atoms with van der Waals surface area (Å²) >= 11 is 4.89. The summed E-state index contributed by atoms with van der Waals surface area (Å²) in [5, 5.41) is 2.82. The average Bonchev–Trinajstić information content (AvgIpc) is 2.48. The van der Waals surface area contributed by atoms with Crippen molar-refractivity contribution in [3.8, 4) is 5.75 Å². The molecule has 0 unspecified atom stereocenters. The summed E-state index contributed by atoms with van der Waals surface area (Å²) in [7, 11) is 1.58. The molecular formula is C16H16N2O2S. The van der Waals surface area contributed by atoms with Gasteiger partial charge in [0.2, 0.25) is 0 Å². The SMILES string of the molecule is COc1cc(C(=O)Nc2ccc(C(N)=S)cc2)ccc1C. The zero-order chi connectivity index (χ0) is 15.4. The Balaban J connectivity index is 2.15. The third kappa shape index (κ3) is 3.58. The monoisotopic (exact) mass is 300 g/mol. The van der Waals surface area contributed by atoms with Crippen LogP contribution in [0.3, 0.4) is 0 Å². The fourth-order valence-electron chi connectivity index (χ4n) is 1.88. The van der Waals surface area contributed by atoms with Crippen molar-refractivity contribution < 1.29 is 9.53 Å². The maximum atomic E-state index is 12.2. The maximum Gasteiger partial charge on any atom is 0.255 e. The lowest BCUT2D eigenvalue weighted by molar-refractivity contribution is 0.102. The van der Waals surface area contributed by atoms with Gasteiger partial charge in [0.25, 0.3) is 5.91 Å². The highest BCUT2D eigenvalue weighted by molar-refractivity contribution is 7.80. The highest BCUT2D eigenvalue weighted by atomic mass is 32.1. The van der Waals surface area contributed by atoms with E-state index in [4.69, 9.17) is 22.7 Å². The number of rotatable bonds is 4. The van der Waals surface area contributed by atoms with E-state index in [0.717, 1.165) is 11.1 Å². The minimum atomic E-state index is -0.198. The number of methoxy groups -OCH3 is 1. The van der Waals surface area contributed by atoms with Crippen LogP contribution >= 0.6 is 12.2 Å². The van der Waals surface area contributed by atoms with Crippen LogP contribution in [-0.4, -0.2) is 18.0 Å². The number of amides is 1. The van der Waals surface area contributed by atoms with Gasteiger partial charge in [-0.3, -0.25) is 4.79 Å². The zero-order valence-corrected chi connectivity index (χ0v) is 12.7. The molecule has 21 heavy (non-hydrogen) atoms. The van der Waals surface area contributed by atoms with Crippen LogP contribution in [0.1, 0.15) is 21.5 Å². The number of carbonyl (C=O) groups is 1. The summed E-state index contributed by atoms with van der Waals surface area (Å²) in [4.78, 5) is 12.5. The molecule has 1 amide bonds. The highest BCUT2D eigenvalue weighted by Gasteiger charge is 2.09. The van der Waals surface area contributed by atoms with Gasteiger partial charge in [-0.1, -0.05) is 18.3 Å². The predicted molar refractivity (Wildman–Crippen MR) is 88.0 cm³/mol. The summed E-state index contributed by atoms with van der Waals surface area (Å²) in [6.45, 7) is 1.93. The molecule has 0 atom stereocenters. The molecule has 0 aliphatic rings. The minimum Gasteiger partial charge on any atom is -0.496 e. The number of nitrogens with one attached hydrogen (secondary N) is 1. The largest absolute Gasteiger partial charge is 0.496 e. The summed E-state index contributed by atoms with van der Waals surface area (Å²) in [6, 6.07) is 12.4. The quantitative estimate of drug-likeness (QED) is 0.852. The van der Waals surface area contributed by atoms with Gasteiger partial charge in [-0.25, -0.2) is 0 Å². The average molecular weight is 300 g/mol. The summed E-state index contributed by atoms with van der Waals surface area (Å²) in [6.07, 6.45) is 0. The van der Waals surface area contributed by atoms with E-state index in [1.54, 1.807) is 43.5 Å². The van der Waals surface area contributed by atoms with Crippen molar-refractivity contribution in [2.45, 2.75) is 6.92 Å². The first-order valence-electron chi connectivity index (χ1n) is 6.37. The number of aryl methyl sites for hydroxylation is 1. The van der Waals surface area contributed by atoms with E-state index in [2.05, 4.69) is 5.32 Å². The second-order valence-corrected chi connectivity index (χ2v) is 5.02. The standard InChI is InChI=1S/C16H16N2O2S/c1-10-3-4-12(9-14(10)20-2)16(19)18-13-7-5-11(6-8-13)15(17)21/h3-9H,1-2H3,(H2,17,21)(H,18,19). The number of hydrogen-bond acceptors (Lipinski definition) is 3. The van der Waals surface area contributed by atoms with E-state index in [1.165, 1.54) is 0 Å². The number of anilines is 1. The van der Waals surface area contributed by atoms with E-state index in [-0.39, 0.29) is 5.91 Å². The van der Waals surface area contributed by atoms with E-state index < -0.39 is 0 Å². The molecule has 0 aromatic heterocycles. The van der Waals surface area contributed by atoms with Gasteiger partial charge >= 0.3 is 0 Å². The Kier molecular flexibility index (Phi) is 4.55. The molecule has 0 radical (unpaired) electrons. The molecule has 0 heterocycles. The normalized spacial score (nSPS) is 10.0. The van der Waals surface area contributed by atoms with Crippen molar-refractivity contribution in [3.63, 3.8) is 0 Å². The lowest BCUT2D eigenvalue weighted by atomic mass is 10.1. The number of hydrogen-bond donors (Lipinski definition) is 2. The molecule has 0 saturated heterocycles. The molecule has 108 valence electrons. The molecule has 0 aliphatic carbocycles. The number of benzene rings is 2. The molecule has 0 saturated carbocycles. The molecule has 0 spiro atoms. The number of nitrogens with two attached hydrogens (primary N) is 1. The molecule has 0 bridgehead atoms. The van der Waals surface area contributed by atoms with Gasteiger partial charge in [-0.15, -0.1) is 0 Å². The predicted octanol–water partition coefficient (Wildman–Crippen LogP) is 2.89. The van der Waals surface area contributed by atoms with Gasteiger partial charge in [0.05, 0.1) is 7.11 Å². The van der Waals surface area contributed by atoms with Gasteiger partial charge in [-0.2, -0.15) is 0 Å². The van der Waals surface area contributed by atoms with Crippen molar-refractivity contribution in [1.29, 1.82) is 0 Å². The summed E-state index contributed by atoms with van der Waals surface area (Å²) < 4.78 is 5.22. The molecule has 2 rings (SSSR count). The topological polar surface area (TPSA) is 64.3 Å². The second-order valence-electron chi connectivity index (χ2n) is 4.58. The third-order valence-corrected chi connectivity index (χ3v) is 3.33. The van der Waals surface area contributed by atoms with E-state index in [0.29, 0.717) is 22.0 Å². The van der Waals surface area contributed by atoms with E-state index >= 15 is 0 Å². The second kappa shape index (κ2) is 6.37. The zero-order valence-electron chi connectivity index (χ0n) is 11.8. The molecule has 2 aromatic carbocycles. The van der Waals surface area contributed by atoms with Crippen LogP contribution in [0, 0.1) is 6.92 Å². The van der Waals surface area contributed by atoms with E-state index in [1.807, 2.05) is 13.0 Å². The van der Waals surface area contributed by atoms with Gasteiger partial charge in [0, 0.05) is 16.8 Å². The lowest BCUT2D eigenvalue weighted by Crippen LogP contribution is -2.13. The summed E-state index contributed by atoms with van der Waals surface area (Å²) in [5.74, 6) is 0.489. The minimum absolute atomic E-state index is 0.198. The van der Waals surface area contributed by atoms with Gasteiger partial charge in [0.15, 0.2) is 0 Å². The van der Waals surface area contributed by atoms with Crippen LogP contribution < -0.4 is 15.8 Å². The van der Waals surface area contributed by atoms with Crippen LogP contribution in [0.2, 0.25) is 0 Å². The molecule has 0 aliphatic heterocycles. The number of ether oxygens (including phenoxy) is 1. The Morgan fingerprint density at radius 3 is 2.33 bits per heavy atom. The number of carbonyl (C=O) groups excluding carboxylic acids is 1. The fraction of sp³-hybridized carbons (Fsp3) is 0.125. The van der Waals surface area contributed by atoms with Crippen molar-refractivity contribution in [2.24, 2.45) is 5.73 Å². The summed E-state index contributed by atoms with van der Waals surface area (Å²) in [5.41, 5.74) is 8.50. The lowest BCUT2D eigenvalue weighted by Gasteiger charge is -2.09. The van der Waals surface area contributed by atoms with Gasteiger partial charge in [0.1, 0.15) is 10.7 Å². The van der Waals surface area contributed by atoms with Gasteiger partial charge in [-0.05, 0) is 48.9 Å². The Hall–Kier alpha value is -2.40. The molecule has 3 N–H and O–H groups in total. The van der Waals surface area contributed by atoms with Crippen LogP contribution in [0.4, 0.5) is 5.69 Å². The van der Waals surface area contributed by atoms with Crippen LogP contribution in [0.5, 0.6) is 5.75 Å². The smallest absolute Gasteiger partial charge is 0.255 e. The number of thiocarbonyl (C=S) groups is 1.